The second-order valence-electron chi connectivity index (χ2n) is 3.36. The number of carboxylic acids is 1. The van der Waals surface area contributed by atoms with Crippen LogP contribution in [0.3, 0.4) is 0 Å². The molecule has 1 amide bonds. The normalized spacial score (nSPS) is 14.3. The van der Waals surface area contributed by atoms with Crippen molar-refractivity contribution < 1.29 is 19.4 Å². The van der Waals surface area contributed by atoms with E-state index in [0.29, 0.717) is 12.2 Å². The summed E-state index contributed by atoms with van der Waals surface area (Å²) in [5.74, 6) is -0.692. The average Bonchev–Trinajstić information content (AvgIpc) is 2.14. The third-order valence-corrected chi connectivity index (χ3v) is 2.47. The molecule has 1 atom stereocenters. The molecule has 0 rings (SSSR count). The number of methoxy groups -OCH3 is 1. The van der Waals surface area contributed by atoms with Gasteiger partial charge in [-0.1, -0.05) is 0 Å². The largest absolute Gasteiger partial charge is 0.479 e. The minimum absolute atomic E-state index is 0.0483. The van der Waals surface area contributed by atoms with E-state index in [1.807, 2.05) is 6.26 Å². The standard InChI is InChI=1S/C9H17NO4S/c1-9(6-14-2,8(12)13)10-7(11)4-5-15-3/h4-6H2,1-3H3,(H,10,11)(H,12,13). The van der Waals surface area contributed by atoms with Crippen LogP contribution in [-0.4, -0.2) is 48.2 Å². The summed E-state index contributed by atoms with van der Waals surface area (Å²) < 4.78 is 4.77. The van der Waals surface area contributed by atoms with Gasteiger partial charge in [-0.05, 0) is 13.2 Å². The lowest BCUT2D eigenvalue weighted by atomic mass is 10.0. The molecule has 0 aliphatic carbocycles. The number of hydrogen-bond acceptors (Lipinski definition) is 4. The number of hydrogen-bond donors (Lipinski definition) is 2. The molecule has 0 aromatic rings. The van der Waals surface area contributed by atoms with Gasteiger partial charge in [-0.25, -0.2) is 4.79 Å². The average molecular weight is 235 g/mol. The van der Waals surface area contributed by atoms with Crippen LogP contribution in [-0.2, 0) is 14.3 Å². The van der Waals surface area contributed by atoms with Crippen LogP contribution in [0.25, 0.3) is 0 Å². The van der Waals surface area contributed by atoms with Crippen LogP contribution in [0.4, 0.5) is 0 Å². The molecule has 0 heterocycles. The number of carbonyl (C=O) groups excluding carboxylic acids is 1. The number of carbonyl (C=O) groups is 2. The summed E-state index contributed by atoms with van der Waals surface area (Å²) in [6.45, 7) is 1.38. The number of aliphatic carboxylic acids is 1. The SMILES string of the molecule is COCC(C)(NC(=O)CCSC)C(=O)O. The fourth-order valence-electron chi connectivity index (χ4n) is 1.00. The van der Waals surface area contributed by atoms with Gasteiger partial charge in [0.05, 0.1) is 6.61 Å². The van der Waals surface area contributed by atoms with E-state index in [1.165, 1.54) is 25.8 Å². The predicted molar refractivity (Wildman–Crippen MR) is 59.1 cm³/mol. The highest BCUT2D eigenvalue weighted by atomic mass is 32.2. The van der Waals surface area contributed by atoms with E-state index in [9.17, 15) is 9.59 Å². The molecule has 2 N–H and O–H groups in total. The highest BCUT2D eigenvalue weighted by Gasteiger charge is 2.34. The summed E-state index contributed by atoms with van der Waals surface area (Å²) in [6.07, 6.45) is 2.20. The molecule has 0 fully saturated rings. The van der Waals surface area contributed by atoms with E-state index in [-0.39, 0.29) is 12.5 Å². The second-order valence-corrected chi connectivity index (χ2v) is 4.35. The molecule has 0 aliphatic rings. The fourth-order valence-corrected chi connectivity index (χ4v) is 1.39. The Labute approximate surface area is 93.6 Å². The lowest BCUT2D eigenvalue weighted by molar-refractivity contribution is -0.149. The van der Waals surface area contributed by atoms with Gasteiger partial charge in [-0.3, -0.25) is 4.79 Å². The van der Waals surface area contributed by atoms with E-state index in [1.54, 1.807) is 0 Å². The van der Waals surface area contributed by atoms with Crippen LogP contribution in [0, 0.1) is 0 Å². The minimum Gasteiger partial charge on any atom is -0.479 e. The van der Waals surface area contributed by atoms with Crippen molar-refractivity contribution in [2.24, 2.45) is 0 Å². The van der Waals surface area contributed by atoms with Crippen LogP contribution in [0.1, 0.15) is 13.3 Å². The van der Waals surface area contributed by atoms with E-state index in [2.05, 4.69) is 5.32 Å². The Morgan fingerprint density at radius 3 is 2.53 bits per heavy atom. The molecule has 6 heteroatoms. The fraction of sp³-hybridized carbons (Fsp3) is 0.778. The van der Waals surface area contributed by atoms with Crippen molar-refractivity contribution in [1.82, 2.24) is 5.32 Å². The van der Waals surface area contributed by atoms with Gasteiger partial charge in [0, 0.05) is 19.3 Å². The van der Waals surface area contributed by atoms with Gasteiger partial charge < -0.3 is 15.2 Å². The van der Waals surface area contributed by atoms with Gasteiger partial charge in [0.15, 0.2) is 5.54 Å². The molecule has 0 saturated carbocycles. The Hall–Kier alpha value is -0.750. The molecule has 0 aliphatic heterocycles. The van der Waals surface area contributed by atoms with Crippen LogP contribution >= 0.6 is 11.8 Å². The van der Waals surface area contributed by atoms with E-state index >= 15 is 0 Å². The molecule has 15 heavy (non-hydrogen) atoms. The molecule has 1 unspecified atom stereocenters. The summed E-state index contributed by atoms with van der Waals surface area (Å²) in [6, 6.07) is 0. The third-order valence-electron chi connectivity index (χ3n) is 1.85. The van der Waals surface area contributed by atoms with Gasteiger partial charge in [-0.15, -0.1) is 0 Å². The smallest absolute Gasteiger partial charge is 0.331 e. The Morgan fingerprint density at radius 2 is 2.13 bits per heavy atom. The van der Waals surface area contributed by atoms with Crippen LogP contribution in [0.15, 0.2) is 0 Å². The van der Waals surface area contributed by atoms with Gasteiger partial charge in [0.25, 0.3) is 0 Å². The van der Waals surface area contributed by atoms with Gasteiger partial charge in [-0.2, -0.15) is 11.8 Å². The number of thioether (sulfide) groups is 1. The Balaban J connectivity index is 4.28. The van der Waals surface area contributed by atoms with E-state index < -0.39 is 11.5 Å². The van der Waals surface area contributed by atoms with Gasteiger partial charge in [0.2, 0.25) is 5.91 Å². The maximum absolute atomic E-state index is 11.4. The summed E-state index contributed by atoms with van der Waals surface area (Å²) in [7, 11) is 1.40. The molecule has 88 valence electrons. The molecule has 0 aromatic carbocycles. The van der Waals surface area contributed by atoms with Crippen molar-refractivity contribution in [2.75, 3.05) is 25.7 Å². The molecule has 0 aromatic heterocycles. The topological polar surface area (TPSA) is 75.6 Å². The lowest BCUT2D eigenvalue weighted by Crippen LogP contribution is -2.55. The quantitative estimate of drug-likeness (QED) is 0.665. The molecule has 0 bridgehead atoms. The van der Waals surface area contributed by atoms with Crippen molar-refractivity contribution in [1.29, 1.82) is 0 Å². The highest BCUT2D eigenvalue weighted by Crippen LogP contribution is 2.06. The number of rotatable bonds is 7. The summed E-state index contributed by atoms with van der Waals surface area (Å²) >= 11 is 1.54. The van der Waals surface area contributed by atoms with E-state index in [0.717, 1.165) is 0 Å². The first-order chi connectivity index (χ1) is 6.96. The van der Waals surface area contributed by atoms with Crippen molar-refractivity contribution in [3.63, 3.8) is 0 Å². The molecular formula is C9H17NO4S. The third kappa shape index (κ3) is 5.03. The number of ether oxygens (including phenoxy) is 1. The number of amides is 1. The first-order valence-electron chi connectivity index (χ1n) is 4.48. The highest BCUT2D eigenvalue weighted by molar-refractivity contribution is 7.98. The van der Waals surface area contributed by atoms with Crippen LogP contribution in [0.2, 0.25) is 0 Å². The molecule has 0 spiro atoms. The monoisotopic (exact) mass is 235 g/mol. The molecule has 0 saturated heterocycles. The van der Waals surface area contributed by atoms with Crippen molar-refractivity contribution in [2.45, 2.75) is 18.9 Å². The number of nitrogens with one attached hydrogen (secondary N) is 1. The zero-order valence-electron chi connectivity index (χ0n) is 9.20. The van der Waals surface area contributed by atoms with Gasteiger partial charge >= 0.3 is 5.97 Å². The zero-order valence-corrected chi connectivity index (χ0v) is 10.0. The summed E-state index contributed by atoms with van der Waals surface area (Å²) in [4.78, 5) is 22.3. The Morgan fingerprint density at radius 1 is 1.53 bits per heavy atom. The minimum atomic E-state index is -1.34. The summed E-state index contributed by atoms with van der Waals surface area (Å²) in [5, 5.41) is 11.4. The maximum atomic E-state index is 11.4. The summed E-state index contributed by atoms with van der Waals surface area (Å²) in [5.41, 5.74) is -1.34. The first-order valence-corrected chi connectivity index (χ1v) is 5.88. The molecular weight excluding hydrogens is 218 g/mol. The predicted octanol–water partition coefficient (Wildman–Crippen LogP) is 0.345. The molecule has 0 radical (unpaired) electrons. The van der Waals surface area contributed by atoms with Gasteiger partial charge in [0.1, 0.15) is 0 Å². The van der Waals surface area contributed by atoms with Crippen LogP contribution in [0.5, 0.6) is 0 Å². The van der Waals surface area contributed by atoms with E-state index in [4.69, 9.17) is 9.84 Å². The van der Waals surface area contributed by atoms with Crippen molar-refractivity contribution in [3.05, 3.63) is 0 Å². The Bertz CT molecular complexity index is 234. The number of carboxylic acid groups (broad SMARTS) is 1. The molecule has 5 nitrogen and oxygen atoms in total. The lowest BCUT2D eigenvalue weighted by Gasteiger charge is -2.25. The van der Waals surface area contributed by atoms with Crippen molar-refractivity contribution in [3.8, 4) is 0 Å². The Kier molecular flexibility index (Phi) is 6.35. The van der Waals surface area contributed by atoms with Crippen LogP contribution < -0.4 is 5.32 Å². The van der Waals surface area contributed by atoms with Crippen molar-refractivity contribution >= 4 is 23.6 Å². The second kappa shape index (κ2) is 6.68. The first kappa shape index (κ1) is 14.2. The maximum Gasteiger partial charge on any atom is 0.331 e. The zero-order chi connectivity index (χ0) is 11.9.